The van der Waals surface area contributed by atoms with Gasteiger partial charge in [0.05, 0.1) is 16.3 Å². The molecule has 7 heteroatoms. The van der Waals surface area contributed by atoms with Crippen molar-refractivity contribution in [3.05, 3.63) is 31.9 Å². The minimum atomic E-state index is -1.01. The van der Waals surface area contributed by atoms with Crippen LogP contribution in [0.3, 0.4) is 0 Å². The van der Waals surface area contributed by atoms with Crippen molar-refractivity contribution in [1.82, 2.24) is 9.13 Å². The molecule has 1 aromatic rings. The van der Waals surface area contributed by atoms with E-state index in [0.717, 1.165) is 4.57 Å². The van der Waals surface area contributed by atoms with Gasteiger partial charge in [-0.3, -0.25) is 18.7 Å². The maximum atomic E-state index is 12.0. The van der Waals surface area contributed by atoms with E-state index in [1.165, 1.54) is 11.6 Å². The number of hydrogen-bond acceptors (Lipinski definition) is 3. The van der Waals surface area contributed by atoms with Gasteiger partial charge in [0.25, 0.3) is 5.56 Å². The van der Waals surface area contributed by atoms with Crippen molar-refractivity contribution in [3.63, 3.8) is 0 Å². The topological polar surface area (TPSA) is 87.1 Å². The van der Waals surface area contributed by atoms with E-state index in [2.05, 4.69) is 0 Å². The maximum Gasteiger partial charge on any atom is 0.330 e. The molecule has 0 aliphatic carbocycles. The Morgan fingerprint density at radius 3 is 2.59 bits per heavy atom. The molecule has 92 valence electrons. The summed E-state index contributed by atoms with van der Waals surface area (Å²) in [6.07, 6.45) is 1.72. The van der Waals surface area contributed by atoms with Crippen molar-refractivity contribution in [2.45, 2.75) is 4.90 Å². The Labute approximate surface area is 99.7 Å². The first kappa shape index (κ1) is 11.7. The molecule has 1 aromatic heterocycles. The SMILES string of the molecule is Cn1c2c(c(=O)n(C)c1=O)[SH](CC(N)=O)C=C2. The molecule has 1 aliphatic rings. The van der Waals surface area contributed by atoms with E-state index in [-0.39, 0.29) is 17.0 Å². The van der Waals surface area contributed by atoms with Crippen LogP contribution in [-0.4, -0.2) is 20.8 Å². The largest absolute Gasteiger partial charge is 0.369 e. The first-order valence-electron chi connectivity index (χ1n) is 4.96. The summed E-state index contributed by atoms with van der Waals surface area (Å²) in [5.74, 6) is -0.295. The monoisotopic (exact) mass is 255 g/mol. The summed E-state index contributed by atoms with van der Waals surface area (Å²) in [4.78, 5) is 35.2. The van der Waals surface area contributed by atoms with Crippen LogP contribution < -0.4 is 17.0 Å². The van der Waals surface area contributed by atoms with Crippen molar-refractivity contribution in [3.8, 4) is 0 Å². The predicted octanol–water partition coefficient (Wildman–Crippen LogP) is -1.09. The van der Waals surface area contributed by atoms with Gasteiger partial charge in [-0.05, 0) is 11.5 Å². The standard InChI is InChI=1S/C10H13N3O3S/c1-12-6-3-4-17(5-7(11)14)8(6)9(15)13(2)10(12)16/h3-4,17H,5H2,1-2H3,(H2,11,14). The molecule has 6 nitrogen and oxygen atoms in total. The Bertz CT molecular complexity index is 641. The van der Waals surface area contributed by atoms with Crippen LogP contribution in [0.15, 0.2) is 19.9 Å². The van der Waals surface area contributed by atoms with Crippen LogP contribution in [0.1, 0.15) is 5.69 Å². The molecule has 0 fully saturated rings. The second kappa shape index (κ2) is 3.92. The van der Waals surface area contributed by atoms with Crippen molar-refractivity contribution < 1.29 is 4.79 Å². The number of nitrogens with two attached hydrogens (primary N) is 1. The second-order valence-electron chi connectivity index (χ2n) is 3.85. The van der Waals surface area contributed by atoms with Crippen molar-refractivity contribution in [1.29, 1.82) is 0 Å². The number of rotatable bonds is 2. The van der Waals surface area contributed by atoms with Gasteiger partial charge in [0.1, 0.15) is 0 Å². The number of amides is 1. The lowest BCUT2D eigenvalue weighted by molar-refractivity contribution is -0.115. The van der Waals surface area contributed by atoms with E-state index >= 15 is 0 Å². The predicted molar refractivity (Wildman–Crippen MR) is 67.3 cm³/mol. The lowest BCUT2D eigenvalue weighted by Crippen LogP contribution is -2.39. The Kier molecular flexibility index (Phi) is 2.70. The number of carbonyl (C=O) groups excluding carboxylic acids is 1. The summed E-state index contributed by atoms with van der Waals surface area (Å²) in [5.41, 5.74) is 5.04. The summed E-state index contributed by atoms with van der Waals surface area (Å²) in [7, 11) is 2.02. The van der Waals surface area contributed by atoms with Crippen molar-refractivity contribution in [2.24, 2.45) is 19.8 Å². The van der Waals surface area contributed by atoms with Crippen LogP contribution in [0, 0.1) is 0 Å². The number of aromatic nitrogens is 2. The molecule has 1 amide bonds. The fourth-order valence-corrected chi connectivity index (χ4v) is 3.82. The number of carbonyl (C=O) groups is 1. The second-order valence-corrected chi connectivity index (χ2v) is 5.85. The van der Waals surface area contributed by atoms with Gasteiger partial charge in [0.2, 0.25) is 5.91 Å². The fourth-order valence-electron chi connectivity index (χ4n) is 1.84. The summed E-state index contributed by atoms with van der Waals surface area (Å²) in [5, 5.41) is 1.80. The van der Waals surface area contributed by atoms with Crippen LogP contribution in [0.5, 0.6) is 0 Å². The third kappa shape index (κ3) is 1.72. The average molecular weight is 255 g/mol. The van der Waals surface area contributed by atoms with Crippen molar-refractivity contribution >= 4 is 22.9 Å². The molecule has 0 aromatic carbocycles. The molecule has 2 rings (SSSR count). The van der Waals surface area contributed by atoms with Gasteiger partial charge in [-0.25, -0.2) is 4.79 Å². The normalized spacial score (nSPS) is 19.3. The number of thiol groups is 1. The highest BCUT2D eigenvalue weighted by atomic mass is 32.2. The Morgan fingerprint density at radius 2 is 2.00 bits per heavy atom. The highest BCUT2D eigenvalue weighted by Crippen LogP contribution is 2.42. The summed E-state index contributed by atoms with van der Waals surface area (Å²) < 4.78 is 2.47. The third-order valence-electron chi connectivity index (χ3n) is 2.71. The van der Waals surface area contributed by atoms with Gasteiger partial charge in [-0.1, -0.05) is 0 Å². The molecule has 0 saturated heterocycles. The summed E-state index contributed by atoms with van der Waals surface area (Å²) in [6.45, 7) is 0. The Balaban J connectivity index is 2.68. The molecule has 1 aliphatic heterocycles. The van der Waals surface area contributed by atoms with Gasteiger partial charge in [0.15, 0.2) is 0 Å². The number of fused-ring (bicyclic) bond motifs is 1. The Morgan fingerprint density at radius 1 is 1.35 bits per heavy atom. The molecular formula is C10H13N3O3S. The average Bonchev–Trinajstić information content (AvgIpc) is 2.66. The van der Waals surface area contributed by atoms with Gasteiger partial charge in [-0.2, -0.15) is 10.9 Å². The molecule has 1 atom stereocenters. The van der Waals surface area contributed by atoms with Crippen LogP contribution in [-0.2, 0) is 18.9 Å². The Hall–Kier alpha value is -1.76. The van der Waals surface area contributed by atoms with E-state index in [1.807, 2.05) is 0 Å². The van der Waals surface area contributed by atoms with Gasteiger partial charge < -0.3 is 5.73 Å². The lowest BCUT2D eigenvalue weighted by Gasteiger charge is -2.14. The molecule has 0 radical (unpaired) electrons. The summed E-state index contributed by atoms with van der Waals surface area (Å²) in [6, 6.07) is 0. The summed E-state index contributed by atoms with van der Waals surface area (Å²) >= 11 is 0. The fraction of sp³-hybridized carbons (Fsp3) is 0.300. The molecule has 1 unspecified atom stereocenters. The van der Waals surface area contributed by atoms with Crippen LogP contribution in [0.25, 0.3) is 6.08 Å². The molecule has 0 bridgehead atoms. The molecule has 0 saturated carbocycles. The van der Waals surface area contributed by atoms with E-state index in [0.29, 0.717) is 10.6 Å². The minimum absolute atomic E-state index is 0.145. The number of nitrogens with zero attached hydrogens (tertiary/aromatic N) is 2. The highest BCUT2D eigenvalue weighted by molar-refractivity contribution is 8.20. The van der Waals surface area contributed by atoms with E-state index in [4.69, 9.17) is 5.73 Å². The van der Waals surface area contributed by atoms with Crippen molar-refractivity contribution in [2.75, 3.05) is 5.75 Å². The number of primary amides is 1. The maximum absolute atomic E-state index is 12.0. The molecule has 2 N–H and O–H groups in total. The molecule has 0 spiro atoms. The first-order chi connectivity index (χ1) is 7.93. The van der Waals surface area contributed by atoms with Gasteiger partial charge >= 0.3 is 5.69 Å². The van der Waals surface area contributed by atoms with Gasteiger partial charge in [-0.15, -0.1) is 0 Å². The molecule has 2 heterocycles. The zero-order valence-electron chi connectivity index (χ0n) is 9.51. The number of hydrogen-bond donors (Lipinski definition) is 2. The zero-order chi connectivity index (χ0) is 12.7. The van der Waals surface area contributed by atoms with E-state index in [9.17, 15) is 14.4 Å². The lowest BCUT2D eigenvalue weighted by atomic mass is 10.4. The van der Waals surface area contributed by atoms with Crippen LogP contribution in [0.4, 0.5) is 0 Å². The highest BCUT2D eigenvalue weighted by Gasteiger charge is 2.23. The molecule has 17 heavy (non-hydrogen) atoms. The van der Waals surface area contributed by atoms with Crippen LogP contribution >= 0.6 is 10.9 Å². The first-order valence-corrected chi connectivity index (χ1v) is 6.56. The van der Waals surface area contributed by atoms with Gasteiger partial charge in [0, 0.05) is 14.1 Å². The quantitative estimate of drug-likeness (QED) is 0.659. The van der Waals surface area contributed by atoms with E-state index in [1.54, 1.807) is 18.5 Å². The zero-order valence-corrected chi connectivity index (χ0v) is 10.4. The smallest absolute Gasteiger partial charge is 0.330 e. The van der Waals surface area contributed by atoms with E-state index < -0.39 is 16.8 Å². The third-order valence-corrected chi connectivity index (χ3v) is 4.87. The minimum Gasteiger partial charge on any atom is -0.369 e. The van der Waals surface area contributed by atoms with Crippen LogP contribution in [0.2, 0.25) is 0 Å². The molecular weight excluding hydrogens is 242 g/mol.